The molecule has 0 fully saturated rings. The molecule has 0 aliphatic carbocycles. The molecule has 0 unspecified atom stereocenters. The number of hydrogen-bond donors (Lipinski definition) is 3. The molecule has 34 heavy (non-hydrogen) atoms. The molecule has 1 heterocycles. The Morgan fingerprint density at radius 1 is 1.15 bits per heavy atom. The third-order valence-electron chi connectivity index (χ3n) is 4.75. The quantitative estimate of drug-likeness (QED) is 0.293. The number of pyridine rings is 1. The minimum Gasteiger partial charge on any atom is -0.489 e. The van der Waals surface area contributed by atoms with Gasteiger partial charge in [0, 0.05) is 48.8 Å². The average molecular weight is 491 g/mol. The van der Waals surface area contributed by atoms with Gasteiger partial charge in [-0.2, -0.15) is 0 Å². The first kappa shape index (κ1) is 26.7. The van der Waals surface area contributed by atoms with Gasteiger partial charge < -0.3 is 20.5 Å². The van der Waals surface area contributed by atoms with Crippen molar-refractivity contribution in [2.45, 2.75) is 26.2 Å². The Bertz CT molecular complexity index is 1090. The highest BCUT2D eigenvalue weighted by Crippen LogP contribution is 2.29. The van der Waals surface area contributed by atoms with E-state index in [0.717, 1.165) is 23.3 Å². The Morgan fingerprint density at radius 3 is 2.38 bits per heavy atom. The zero-order chi connectivity index (χ0) is 23.8. The number of halogens is 3. The van der Waals surface area contributed by atoms with Crippen LogP contribution in [0.4, 0.5) is 8.78 Å². The van der Waals surface area contributed by atoms with E-state index in [9.17, 15) is 13.6 Å². The van der Waals surface area contributed by atoms with Crippen molar-refractivity contribution >= 4 is 24.1 Å². The summed E-state index contributed by atoms with van der Waals surface area (Å²) in [7, 11) is 0. The summed E-state index contributed by atoms with van der Waals surface area (Å²) in [6.45, 7) is 1.89. The molecule has 0 aliphatic rings. The van der Waals surface area contributed by atoms with Crippen LogP contribution in [0, 0.1) is 17.0 Å². The number of benzene rings is 2. The normalized spacial score (nSPS) is 11.3. The molecule has 0 bridgehead atoms. The standard InChI is InChI=1S/C24H24F2N4O3.ClH/c1-2-32-22(24(31)30-13-15-5-7-17(8-6-15)23(27)28)21-19(25)10-18(11-20(21)26)33-14-16-4-3-9-29-12-16;/h3-12,22H,2,13-14H2,1H3,(H3,27,28)(H,30,31);1H/t22-;/m0./s1. The van der Waals surface area contributed by atoms with Gasteiger partial charge in [-0.25, -0.2) is 8.78 Å². The van der Waals surface area contributed by atoms with Crippen LogP contribution >= 0.6 is 12.4 Å². The second-order valence-corrected chi connectivity index (χ2v) is 7.11. The van der Waals surface area contributed by atoms with Crippen molar-refractivity contribution in [3.63, 3.8) is 0 Å². The van der Waals surface area contributed by atoms with Gasteiger partial charge in [-0.1, -0.05) is 30.3 Å². The van der Waals surface area contributed by atoms with Crippen LogP contribution < -0.4 is 15.8 Å². The molecule has 1 amide bonds. The number of rotatable bonds is 10. The van der Waals surface area contributed by atoms with Crippen molar-refractivity contribution in [2.75, 3.05) is 6.61 Å². The minimum absolute atomic E-state index is 0. The van der Waals surface area contributed by atoms with E-state index in [1.54, 1.807) is 55.7 Å². The van der Waals surface area contributed by atoms with Gasteiger partial charge in [0.25, 0.3) is 5.91 Å². The molecule has 0 saturated heterocycles. The van der Waals surface area contributed by atoms with Crippen LogP contribution in [0.25, 0.3) is 0 Å². The number of ether oxygens (including phenoxy) is 2. The first-order valence-electron chi connectivity index (χ1n) is 10.2. The molecule has 3 rings (SSSR count). The SMILES string of the molecule is CCO[C@H](C(=O)NCc1ccc(C(=N)N)cc1)c1c(F)cc(OCc2cccnc2)cc1F.Cl. The number of nitrogens with two attached hydrogens (primary N) is 1. The first-order chi connectivity index (χ1) is 15.9. The molecule has 0 aliphatic heterocycles. The monoisotopic (exact) mass is 490 g/mol. The topological polar surface area (TPSA) is 110 Å². The predicted molar refractivity (Wildman–Crippen MR) is 126 cm³/mol. The van der Waals surface area contributed by atoms with Crippen molar-refractivity contribution in [3.05, 3.63) is 94.8 Å². The lowest BCUT2D eigenvalue weighted by Gasteiger charge is -2.19. The molecule has 0 radical (unpaired) electrons. The van der Waals surface area contributed by atoms with E-state index in [0.29, 0.717) is 5.56 Å². The van der Waals surface area contributed by atoms with E-state index in [-0.39, 0.29) is 43.8 Å². The van der Waals surface area contributed by atoms with Crippen LogP contribution in [-0.2, 0) is 22.7 Å². The highest BCUT2D eigenvalue weighted by Gasteiger charge is 2.28. The van der Waals surface area contributed by atoms with Gasteiger partial charge in [0.15, 0.2) is 6.10 Å². The van der Waals surface area contributed by atoms with E-state index in [1.165, 1.54) is 0 Å². The molecule has 7 nitrogen and oxygen atoms in total. The number of nitrogens with one attached hydrogen (secondary N) is 2. The maximum Gasteiger partial charge on any atom is 0.254 e. The van der Waals surface area contributed by atoms with E-state index in [1.807, 2.05) is 0 Å². The summed E-state index contributed by atoms with van der Waals surface area (Å²) >= 11 is 0. The van der Waals surface area contributed by atoms with Gasteiger partial charge in [-0.15, -0.1) is 12.4 Å². The number of hydrogen-bond acceptors (Lipinski definition) is 5. The Balaban J connectivity index is 0.00000408. The maximum absolute atomic E-state index is 14.8. The van der Waals surface area contributed by atoms with Crippen molar-refractivity contribution in [1.29, 1.82) is 5.41 Å². The zero-order valence-corrected chi connectivity index (χ0v) is 19.2. The largest absolute Gasteiger partial charge is 0.489 e. The lowest BCUT2D eigenvalue weighted by Crippen LogP contribution is -2.31. The van der Waals surface area contributed by atoms with E-state index in [4.69, 9.17) is 20.6 Å². The number of amides is 1. The van der Waals surface area contributed by atoms with Crippen LogP contribution in [-0.4, -0.2) is 23.3 Å². The highest BCUT2D eigenvalue weighted by atomic mass is 35.5. The van der Waals surface area contributed by atoms with E-state index < -0.39 is 29.2 Å². The predicted octanol–water partition coefficient (Wildman–Crippen LogP) is 4.04. The molecule has 10 heteroatoms. The fraction of sp³-hybridized carbons (Fsp3) is 0.208. The van der Waals surface area contributed by atoms with Gasteiger partial charge in [0.05, 0.1) is 5.56 Å². The maximum atomic E-state index is 14.8. The van der Waals surface area contributed by atoms with Crippen molar-refractivity contribution in [2.24, 2.45) is 5.73 Å². The van der Waals surface area contributed by atoms with Gasteiger partial charge in [-0.05, 0) is 18.6 Å². The van der Waals surface area contributed by atoms with Crippen LogP contribution in [0.15, 0.2) is 60.9 Å². The molecule has 3 aromatic rings. The Morgan fingerprint density at radius 2 is 1.82 bits per heavy atom. The van der Waals surface area contributed by atoms with E-state index in [2.05, 4.69) is 10.3 Å². The fourth-order valence-corrected chi connectivity index (χ4v) is 3.09. The van der Waals surface area contributed by atoms with Crippen molar-refractivity contribution < 1.29 is 23.0 Å². The Kier molecular flexibility index (Phi) is 9.91. The van der Waals surface area contributed by atoms with Crippen LogP contribution in [0.2, 0.25) is 0 Å². The molecular weight excluding hydrogens is 466 g/mol. The van der Waals surface area contributed by atoms with E-state index >= 15 is 0 Å². The molecule has 0 saturated carbocycles. The van der Waals surface area contributed by atoms with Crippen LogP contribution in [0.3, 0.4) is 0 Å². The number of nitrogen functional groups attached to an aromatic ring is 1. The summed E-state index contributed by atoms with van der Waals surface area (Å²) in [5.41, 5.74) is 6.95. The summed E-state index contributed by atoms with van der Waals surface area (Å²) in [5.74, 6) is -2.67. The third kappa shape index (κ3) is 6.97. The number of carbonyl (C=O) groups is 1. The lowest BCUT2D eigenvalue weighted by atomic mass is 10.1. The van der Waals surface area contributed by atoms with Crippen molar-refractivity contribution in [1.82, 2.24) is 10.3 Å². The molecule has 0 spiro atoms. The second-order valence-electron chi connectivity index (χ2n) is 7.11. The highest BCUT2D eigenvalue weighted by molar-refractivity contribution is 5.94. The molecule has 180 valence electrons. The first-order valence-corrected chi connectivity index (χ1v) is 10.2. The minimum atomic E-state index is -1.47. The fourth-order valence-electron chi connectivity index (χ4n) is 3.09. The van der Waals surface area contributed by atoms with Crippen LogP contribution in [0.5, 0.6) is 5.75 Å². The summed E-state index contributed by atoms with van der Waals surface area (Å²) in [5, 5.41) is 10.0. The molecule has 1 atom stereocenters. The second kappa shape index (κ2) is 12.6. The molecule has 2 aromatic carbocycles. The third-order valence-corrected chi connectivity index (χ3v) is 4.75. The van der Waals surface area contributed by atoms with Gasteiger partial charge >= 0.3 is 0 Å². The summed E-state index contributed by atoms with van der Waals surface area (Å²) in [6, 6.07) is 12.2. The Hall–Kier alpha value is -3.56. The molecular formula is C24H25ClF2N4O3. The summed E-state index contributed by atoms with van der Waals surface area (Å²) in [6.07, 6.45) is 1.72. The number of nitrogens with zero attached hydrogens (tertiary/aromatic N) is 1. The van der Waals surface area contributed by atoms with Gasteiger partial charge in [0.1, 0.15) is 29.8 Å². The zero-order valence-electron chi connectivity index (χ0n) is 18.4. The van der Waals surface area contributed by atoms with Crippen molar-refractivity contribution in [3.8, 4) is 5.75 Å². The van der Waals surface area contributed by atoms with Gasteiger partial charge in [0.2, 0.25) is 0 Å². The molecule has 1 aromatic heterocycles. The van der Waals surface area contributed by atoms with Gasteiger partial charge in [-0.3, -0.25) is 15.2 Å². The number of carbonyl (C=O) groups excluding carboxylic acids is 1. The number of aromatic nitrogens is 1. The average Bonchev–Trinajstić information content (AvgIpc) is 2.81. The summed E-state index contributed by atoms with van der Waals surface area (Å²) < 4.78 is 40.5. The Labute approximate surface area is 202 Å². The van der Waals surface area contributed by atoms with Crippen LogP contribution in [0.1, 0.15) is 35.3 Å². The molecule has 4 N–H and O–H groups in total. The summed E-state index contributed by atoms with van der Waals surface area (Å²) in [4.78, 5) is 16.7. The number of amidine groups is 1. The smallest absolute Gasteiger partial charge is 0.254 e. The lowest BCUT2D eigenvalue weighted by molar-refractivity contribution is -0.133.